The topological polar surface area (TPSA) is 77.0 Å². The number of benzene rings is 1. The van der Waals surface area contributed by atoms with Gasteiger partial charge in [0.05, 0.1) is 0 Å². The molecule has 0 saturated carbocycles. The number of aliphatic imine (C=N–C) groups is 1. The Labute approximate surface area is 196 Å². The van der Waals surface area contributed by atoms with E-state index in [0.29, 0.717) is 25.9 Å². The molecule has 30 heavy (non-hydrogen) atoms. The number of carbonyl (C=O) groups is 2. The van der Waals surface area contributed by atoms with Crippen LogP contribution in [0.3, 0.4) is 0 Å². The highest BCUT2D eigenvalue weighted by atomic mass is 127. The number of nitrogens with zero attached hydrogens (tertiary/aromatic N) is 3. The largest absolute Gasteiger partial charge is 0.357 e. The van der Waals surface area contributed by atoms with E-state index in [1.807, 2.05) is 34.9 Å². The van der Waals surface area contributed by atoms with Crippen molar-refractivity contribution in [3.8, 4) is 0 Å². The molecule has 0 aliphatic carbocycles. The molecule has 1 aromatic rings. The van der Waals surface area contributed by atoms with Crippen molar-refractivity contribution < 1.29 is 9.59 Å². The van der Waals surface area contributed by atoms with Crippen LogP contribution in [0.1, 0.15) is 44.6 Å². The number of likely N-dealkylation sites (tertiary alicyclic amines) is 1. The number of hydrogen-bond acceptors (Lipinski definition) is 3. The summed E-state index contributed by atoms with van der Waals surface area (Å²) in [6.45, 7) is 6.67. The molecule has 2 N–H and O–H groups in total. The van der Waals surface area contributed by atoms with Gasteiger partial charge in [-0.1, -0.05) is 18.2 Å². The van der Waals surface area contributed by atoms with Gasteiger partial charge >= 0.3 is 0 Å². The van der Waals surface area contributed by atoms with Gasteiger partial charge in [-0.05, 0) is 44.2 Å². The molecule has 2 amide bonds. The summed E-state index contributed by atoms with van der Waals surface area (Å²) < 4.78 is 0. The van der Waals surface area contributed by atoms with E-state index in [1.54, 1.807) is 0 Å². The number of guanidine groups is 1. The lowest BCUT2D eigenvalue weighted by Crippen LogP contribution is -2.38. The number of fused-ring (bicyclic) bond motifs is 1. The van der Waals surface area contributed by atoms with Crippen LogP contribution in [0.15, 0.2) is 29.3 Å². The van der Waals surface area contributed by atoms with Crippen molar-refractivity contribution in [2.45, 2.75) is 45.4 Å². The molecule has 166 valence electrons. The molecule has 1 aromatic carbocycles. The van der Waals surface area contributed by atoms with Gasteiger partial charge in [-0.25, -0.2) is 0 Å². The number of hydrogen-bond donors (Lipinski definition) is 2. The van der Waals surface area contributed by atoms with Crippen LogP contribution in [0.25, 0.3) is 0 Å². The van der Waals surface area contributed by atoms with Crippen molar-refractivity contribution >= 4 is 47.4 Å². The Balaban J connectivity index is 0.00000320. The number of halogens is 1. The monoisotopic (exact) mass is 527 g/mol. The fourth-order valence-corrected chi connectivity index (χ4v) is 3.91. The van der Waals surface area contributed by atoms with Gasteiger partial charge in [-0.3, -0.25) is 14.6 Å². The minimum Gasteiger partial charge on any atom is -0.357 e. The van der Waals surface area contributed by atoms with Crippen LogP contribution in [-0.4, -0.2) is 61.9 Å². The Morgan fingerprint density at radius 2 is 1.97 bits per heavy atom. The molecule has 1 saturated heterocycles. The van der Waals surface area contributed by atoms with Gasteiger partial charge in [0.2, 0.25) is 11.8 Å². The SMILES string of the molecule is CCNC(=NCCCN1CCCC1=O)NCCCC(=O)N1CCc2ccccc21.I. The predicted molar refractivity (Wildman–Crippen MR) is 132 cm³/mol. The quantitative estimate of drug-likeness (QED) is 0.224. The third kappa shape index (κ3) is 6.85. The van der Waals surface area contributed by atoms with E-state index in [0.717, 1.165) is 63.5 Å². The Kier molecular flexibility index (Phi) is 10.4. The van der Waals surface area contributed by atoms with Gasteiger partial charge in [0.15, 0.2) is 5.96 Å². The third-order valence-electron chi connectivity index (χ3n) is 5.42. The smallest absolute Gasteiger partial charge is 0.227 e. The lowest BCUT2D eigenvalue weighted by atomic mass is 10.2. The van der Waals surface area contributed by atoms with Crippen LogP contribution in [0, 0.1) is 0 Å². The van der Waals surface area contributed by atoms with Crippen molar-refractivity contribution in [1.29, 1.82) is 0 Å². The molecule has 7 nitrogen and oxygen atoms in total. The fraction of sp³-hybridized carbons (Fsp3) is 0.591. The second-order valence-corrected chi connectivity index (χ2v) is 7.55. The first-order chi connectivity index (χ1) is 14.2. The summed E-state index contributed by atoms with van der Waals surface area (Å²) in [4.78, 5) is 32.6. The van der Waals surface area contributed by atoms with Crippen LogP contribution in [-0.2, 0) is 16.0 Å². The van der Waals surface area contributed by atoms with Crippen molar-refractivity contribution in [2.24, 2.45) is 4.99 Å². The highest BCUT2D eigenvalue weighted by Crippen LogP contribution is 2.27. The average molecular weight is 527 g/mol. The molecule has 2 aliphatic rings. The zero-order chi connectivity index (χ0) is 20.5. The van der Waals surface area contributed by atoms with E-state index in [1.165, 1.54) is 5.56 Å². The lowest BCUT2D eigenvalue weighted by Gasteiger charge is -2.18. The van der Waals surface area contributed by atoms with Crippen LogP contribution < -0.4 is 15.5 Å². The standard InChI is InChI=1S/C22H33N5O2.HI/c1-2-23-22(25-14-7-16-26-15-6-11-20(26)28)24-13-5-10-21(29)27-17-12-18-8-3-4-9-19(18)27;/h3-4,8-9H,2,5-7,10-17H2,1H3,(H2,23,24,25);1H. The summed E-state index contributed by atoms with van der Waals surface area (Å²) in [6, 6.07) is 8.15. The molecule has 2 heterocycles. The Morgan fingerprint density at radius 3 is 2.73 bits per heavy atom. The van der Waals surface area contributed by atoms with E-state index in [2.05, 4.69) is 21.7 Å². The molecule has 0 radical (unpaired) electrons. The molecule has 0 unspecified atom stereocenters. The second kappa shape index (κ2) is 12.8. The summed E-state index contributed by atoms with van der Waals surface area (Å²) in [7, 11) is 0. The molecule has 0 atom stereocenters. The summed E-state index contributed by atoms with van der Waals surface area (Å²) in [5, 5.41) is 6.55. The van der Waals surface area contributed by atoms with Crippen LogP contribution in [0.4, 0.5) is 5.69 Å². The fourth-order valence-electron chi connectivity index (χ4n) is 3.91. The molecule has 0 aromatic heterocycles. The Morgan fingerprint density at radius 1 is 1.13 bits per heavy atom. The summed E-state index contributed by atoms with van der Waals surface area (Å²) in [6.07, 6.45) is 4.78. The number of carbonyl (C=O) groups excluding carboxylic acids is 2. The van der Waals surface area contributed by atoms with Gasteiger partial charge in [0.1, 0.15) is 0 Å². The minimum atomic E-state index is 0. The van der Waals surface area contributed by atoms with Crippen LogP contribution in [0.2, 0.25) is 0 Å². The lowest BCUT2D eigenvalue weighted by molar-refractivity contribution is -0.127. The first-order valence-corrected chi connectivity index (χ1v) is 10.9. The molecular weight excluding hydrogens is 493 g/mol. The first-order valence-electron chi connectivity index (χ1n) is 10.9. The number of nitrogens with one attached hydrogen (secondary N) is 2. The molecule has 0 spiro atoms. The zero-order valence-electron chi connectivity index (χ0n) is 17.9. The van der Waals surface area contributed by atoms with Crippen LogP contribution in [0.5, 0.6) is 0 Å². The third-order valence-corrected chi connectivity index (χ3v) is 5.42. The highest BCUT2D eigenvalue weighted by molar-refractivity contribution is 14.0. The first kappa shape index (κ1) is 24.4. The van der Waals surface area contributed by atoms with E-state index in [4.69, 9.17) is 0 Å². The summed E-state index contributed by atoms with van der Waals surface area (Å²) >= 11 is 0. The van der Waals surface area contributed by atoms with Crippen LogP contribution >= 0.6 is 24.0 Å². The molecule has 2 aliphatic heterocycles. The van der Waals surface area contributed by atoms with Crippen molar-refractivity contribution in [1.82, 2.24) is 15.5 Å². The maximum atomic E-state index is 12.6. The summed E-state index contributed by atoms with van der Waals surface area (Å²) in [5.41, 5.74) is 2.33. The molecular formula is C22H34IN5O2. The second-order valence-electron chi connectivity index (χ2n) is 7.55. The van der Waals surface area contributed by atoms with E-state index in [9.17, 15) is 9.59 Å². The molecule has 3 rings (SSSR count). The zero-order valence-corrected chi connectivity index (χ0v) is 20.2. The van der Waals surface area contributed by atoms with Gasteiger partial charge in [0.25, 0.3) is 0 Å². The predicted octanol–water partition coefficient (Wildman–Crippen LogP) is 2.54. The Bertz CT molecular complexity index is 740. The number of amides is 2. The molecule has 0 bridgehead atoms. The van der Waals surface area contributed by atoms with Gasteiger partial charge < -0.3 is 20.4 Å². The minimum absolute atomic E-state index is 0. The maximum absolute atomic E-state index is 12.6. The van der Waals surface area contributed by atoms with Crippen molar-refractivity contribution in [3.05, 3.63) is 29.8 Å². The van der Waals surface area contributed by atoms with Crippen molar-refractivity contribution in [3.63, 3.8) is 0 Å². The molecule has 8 heteroatoms. The van der Waals surface area contributed by atoms with E-state index >= 15 is 0 Å². The van der Waals surface area contributed by atoms with Gasteiger partial charge in [-0.15, -0.1) is 24.0 Å². The average Bonchev–Trinajstić information content (AvgIpc) is 3.34. The van der Waals surface area contributed by atoms with E-state index in [-0.39, 0.29) is 35.8 Å². The van der Waals surface area contributed by atoms with Crippen molar-refractivity contribution in [2.75, 3.05) is 44.2 Å². The summed E-state index contributed by atoms with van der Waals surface area (Å²) in [5.74, 6) is 1.23. The maximum Gasteiger partial charge on any atom is 0.227 e. The Hall–Kier alpha value is -1.84. The van der Waals surface area contributed by atoms with Gasteiger partial charge in [0, 0.05) is 57.8 Å². The highest BCUT2D eigenvalue weighted by Gasteiger charge is 2.23. The van der Waals surface area contributed by atoms with Gasteiger partial charge in [-0.2, -0.15) is 0 Å². The number of para-hydroxylation sites is 1. The van der Waals surface area contributed by atoms with E-state index < -0.39 is 0 Å². The number of anilines is 1. The number of rotatable bonds is 9. The molecule has 1 fully saturated rings. The normalized spacial score (nSPS) is 15.8.